The molecule has 166 valence electrons. The van der Waals surface area contributed by atoms with E-state index in [0.29, 0.717) is 18.4 Å². The van der Waals surface area contributed by atoms with Gasteiger partial charge in [-0.1, -0.05) is 26.0 Å². The average Bonchev–Trinajstić information content (AvgIpc) is 2.94. The number of hydrogen-bond donors (Lipinski definition) is 2. The highest BCUT2D eigenvalue weighted by molar-refractivity contribution is 7.92. The molecule has 3 rings (SSSR count). The monoisotopic (exact) mass is 446 g/mol. The summed E-state index contributed by atoms with van der Waals surface area (Å²) in [6, 6.07) is 5.83. The number of rotatable bonds is 7. The maximum Gasteiger partial charge on any atom is 0.405 e. The van der Waals surface area contributed by atoms with Crippen LogP contribution in [0.25, 0.3) is 0 Å². The zero-order valence-corrected chi connectivity index (χ0v) is 17.6. The zero-order chi connectivity index (χ0) is 22.4. The number of amides is 1. The van der Waals surface area contributed by atoms with Crippen LogP contribution in [0.5, 0.6) is 0 Å². The lowest BCUT2D eigenvalue weighted by Gasteiger charge is -2.36. The molecule has 2 saturated carbocycles. The van der Waals surface area contributed by atoms with Gasteiger partial charge in [-0.3, -0.25) is 14.3 Å². The number of anilines is 1. The van der Waals surface area contributed by atoms with E-state index in [9.17, 15) is 31.2 Å². The van der Waals surface area contributed by atoms with Crippen molar-refractivity contribution in [1.29, 1.82) is 0 Å². The third-order valence-electron chi connectivity index (χ3n) is 6.65. The minimum Gasteiger partial charge on any atom is -0.347 e. The van der Waals surface area contributed by atoms with E-state index >= 15 is 0 Å². The van der Waals surface area contributed by atoms with Gasteiger partial charge in [0.15, 0.2) is 0 Å². The third-order valence-corrected chi connectivity index (χ3v) is 8.07. The molecule has 0 aromatic heterocycles. The molecule has 0 aliphatic heterocycles. The average molecular weight is 446 g/mol. The Morgan fingerprint density at radius 2 is 1.83 bits per heavy atom. The summed E-state index contributed by atoms with van der Waals surface area (Å²) in [6.07, 6.45) is -2.90. The van der Waals surface area contributed by atoms with E-state index in [-0.39, 0.29) is 35.0 Å². The Hall–Kier alpha value is -2.10. The Balaban J connectivity index is 1.62. The van der Waals surface area contributed by atoms with Crippen LogP contribution in [0.2, 0.25) is 0 Å². The summed E-state index contributed by atoms with van der Waals surface area (Å²) >= 11 is 0. The lowest BCUT2D eigenvalue weighted by Crippen LogP contribution is -2.43. The molecule has 0 saturated heterocycles. The molecule has 0 heterocycles. The second-order valence-corrected chi connectivity index (χ2v) is 10.5. The van der Waals surface area contributed by atoms with E-state index in [1.54, 1.807) is 5.32 Å². The second-order valence-electron chi connectivity index (χ2n) is 8.79. The van der Waals surface area contributed by atoms with Gasteiger partial charge in [0.2, 0.25) is 15.9 Å². The maximum atomic E-state index is 12.8. The van der Waals surface area contributed by atoms with Crippen molar-refractivity contribution in [3.8, 4) is 0 Å². The normalized spacial score (nSPS) is 25.4. The largest absolute Gasteiger partial charge is 0.405 e. The minimum atomic E-state index is -4.48. The summed E-state index contributed by atoms with van der Waals surface area (Å²) in [4.78, 5) is 24.1. The predicted octanol–water partition coefficient (Wildman–Crippen LogP) is 3.04. The van der Waals surface area contributed by atoms with E-state index in [4.69, 9.17) is 0 Å². The Morgan fingerprint density at radius 1 is 1.20 bits per heavy atom. The van der Waals surface area contributed by atoms with Crippen molar-refractivity contribution in [2.45, 2.75) is 45.7 Å². The standard InChI is InChI=1S/C20H25F3N2O4S/c1-18(2)14-7-8-19(18,16(26)10-14)12-30(28,29)25-15-5-3-13(4-6-15)9-17(27)24-11-20(21,22)23/h3-6,14,25H,7-12H2,1-2H3,(H,24,27)/t14-,19+/m1/s1. The highest BCUT2D eigenvalue weighted by Crippen LogP contribution is 2.64. The summed E-state index contributed by atoms with van der Waals surface area (Å²) in [5.41, 5.74) is -0.530. The first-order valence-electron chi connectivity index (χ1n) is 9.70. The SMILES string of the molecule is CC1(C)[C@@H]2CC[C@]1(CS(=O)(=O)Nc1ccc(CC(=O)NCC(F)(F)F)cc1)C(=O)C2. The number of sulfonamides is 1. The summed E-state index contributed by atoms with van der Waals surface area (Å²) < 4.78 is 64.4. The molecular formula is C20H25F3N2O4S. The van der Waals surface area contributed by atoms with Crippen LogP contribution in [0.3, 0.4) is 0 Å². The molecule has 1 aromatic rings. The Morgan fingerprint density at radius 3 is 2.33 bits per heavy atom. The third kappa shape index (κ3) is 4.48. The molecule has 2 atom stereocenters. The molecule has 0 radical (unpaired) electrons. The topological polar surface area (TPSA) is 92.3 Å². The Bertz CT molecular complexity index is 942. The smallest absolute Gasteiger partial charge is 0.347 e. The van der Waals surface area contributed by atoms with E-state index < -0.39 is 34.1 Å². The fraction of sp³-hybridized carbons (Fsp3) is 0.600. The van der Waals surface area contributed by atoms with Crippen molar-refractivity contribution in [3.05, 3.63) is 29.8 Å². The van der Waals surface area contributed by atoms with Crippen LogP contribution in [-0.2, 0) is 26.0 Å². The molecule has 2 N–H and O–H groups in total. The first-order chi connectivity index (χ1) is 13.7. The number of nitrogens with one attached hydrogen (secondary N) is 2. The first-order valence-corrected chi connectivity index (χ1v) is 11.4. The zero-order valence-electron chi connectivity index (χ0n) is 16.8. The molecule has 1 amide bonds. The fourth-order valence-corrected chi connectivity index (χ4v) is 6.68. The van der Waals surface area contributed by atoms with Gasteiger partial charge in [-0.05, 0) is 41.9 Å². The van der Waals surface area contributed by atoms with Gasteiger partial charge in [-0.2, -0.15) is 13.2 Å². The van der Waals surface area contributed by atoms with Crippen LogP contribution >= 0.6 is 0 Å². The molecule has 30 heavy (non-hydrogen) atoms. The van der Waals surface area contributed by atoms with Gasteiger partial charge in [0.25, 0.3) is 0 Å². The maximum absolute atomic E-state index is 12.8. The molecular weight excluding hydrogens is 421 g/mol. The summed E-state index contributed by atoms with van der Waals surface area (Å²) in [5.74, 6) is -0.834. The number of halogens is 3. The van der Waals surface area contributed by atoms with Crippen LogP contribution in [0.1, 0.15) is 38.7 Å². The van der Waals surface area contributed by atoms with E-state index in [1.165, 1.54) is 24.3 Å². The molecule has 2 aliphatic carbocycles. The van der Waals surface area contributed by atoms with Crippen molar-refractivity contribution in [3.63, 3.8) is 0 Å². The van der Waals surface area contributed by atoms with E-state index in [0.717, 1.165) is 6.42 Å². The summed E-state index contributed by atoms with van der Waals surface area (Å²) in [5, 5.41) is 1.78. The van der Waals surface area contributed by atoms with Gasteiger partial charge < -0.3 is 5.32 Å². The van der Waals surface area contributed by atoms with Crippen molar-refractivity contribution in [1.82, 2.24) is 5.32 Å². The number of hydrogen-bond acceptors (Lipinski definition) is 4. The highest BCUT2D eigenvalue weighted by atomic mass is 32.2. The summed E-state index contributed by atoms with van der Waals surface area (Å²) in [7, 11) is -3.80. The molecule has 2 bridgehead atoms. The van der Waals surface area contributed by atoms with Gasteiger partial charge in [0.05, 0.1) is 17.6 Å². The number of carbonyl (C=O) groups is 2. The van der Waals surface area contributed by atoms with Gasteiger partial charge in [0, 0.05) is 12.1 Å². The number of Topliss-reactive ketones (excluding diaryl/α,β-unsaturated/α-hetero) is 1. The Kier molecular flexibility index (Phi) is 5.68. The molecule has 0 unspecified atom stereocenters. The van der Waals surface area contributed by atoms with Gasteiger partial charge in [-0.25, -0.2) is 8.42 Å². The van der Waals surface area contributed by atoms with Crippen molar-refractivity contribution < 1.29 is 31.2 Å². The van der Waals surface area contributed by atoms with Gasteiger partial charge in [-0.15, -0.1) is 0 Å². The molecule has 0 spiro atoms. The first kappa shape index (κ1) is 22.6. The number of alkyl halides is 3. The van der Waals surface area contributed by atoms with Crippen LogP contribution in [-0.4, -0.2) is 38.6 Å². The van der Waals surface area contributed by atoms with Gasteiger partial charge >= 0.3 is 6.18 Å². The fourth-order valence-electron chi connectivity index (χ4n) is 4.79. The minimum absolute atomic E-state index is 0.00865. The van der Waals surface area contributed by atoms with Crippen LogP contribution in [0.4, 0.5) is 18.9 Å². The lowest BCUT2D eigenvalue weighted by atomic mass is 9.70. The van der Waals surface area contributed by atoms with Crippen molar-refractivity contribution in [2.75, 3.05) is 17.0 Å². The molecule has 2 aliphatic rings. The second kappa shape index (κ2) is 7.55. The molecule has 6 nitrogen and oxygen atoms in total. The number of fused-ring (bicyclic) bond motifs is 2. The highest BCUT2D eigenvalue weighted by Gasteiger charge is 2.65. The van der Waals surface area contributed by atoms with E-state index in [1.807, 2.05) is 13.8 Å². The number of carbonyl (C=O) groups excluding carboxylic acids is 2. The van der Waals surface area contributed by atoms with E-state index in [2.05, 4.69) is 4.72 Å². The van der Waals surface area contributed by atoms with Crippen LogP contribution < -0.4 is 10.0 Å². The molecule has 2 fully saturated rings. The van der Waals surface area contributed by atoms with Gasteiger partial charge in [0.1, 0.15) is 12.3 Å². The quantitative estimate of drug-likeness (QED) is 0.674. The lowest BCUT2D eigenvalue weighted by molar-refractivity contribution is -0.138. The predicted molar refractivity (Wildman–Crippen MR) is 105 cm³/mol. The Labute approximate surface area is 173 Å². The number of ketones is 1. The van der Waals surface area contributed by atoms with Crippen LogP contribution in [0, 0.1) is 16.7 Å². The molecule has 10 heteroatoms. The van der Waals surface area contributed by atoms with Crippen molar-refractivity contribution in [2.24, 2.45) is 16.7 Å². The molecule has 1 aromatic carbocycles. The van der Waals surface area contributed by atoms with Crippen molar-refractivity contribution >= 4 is 27.4 Å². The number of benzene rings is 1. The summed E-state index contributed by atoms with van der Waals surface area (Å²) in [6.45, 7) is 2.52. The van der Waals surface area contributed by atoms with Crippen LogP contribution in [0.15, 0.2) is 24.3 Å².